The first kappa shape index (κ1) is 50.4. The number of benzene rings is 6. The number of carbonyl (C=O) groups excluding carboxylic acids is 2. The fraction of sp³-hybridized carbons (Fsp3) is 0.354. The Hall–Kier alpha value is -5.56. The Bertz CT molecular complexity index is 3010. The Morgan fingerprint density at radius 1 is 0.577 bits per heavy atom. The molecule has 9 rings (SSSR count). The number of ketones is 2. The number of nitrogens with one attached hydrogen (secondary N) is 2. The molecule has 0 radical (unpaired) electrons. The first-order valence-electron chi connectivity index (χ1n) is 26.1. The lowest BCUT2D eigenvalue weighted by Gasteiger charge is -2.33. The van der Waals surface area contributed by atoms with Gasteiger partial charge in [0.25, 0.3) is 0 Å². The van der Waals surface area contributed by atoms with E-state index in [1.54, 1.807) is 11.8 Å². The van der Waals surface area contributed by atoms with Gasteiger partial charge in [0.1, 0.15) is 0 Å². The quantitative estimate of drug-likeness (QED) is 0.106. The third kappa shape index (κ3) is 11.0. The maximum atomic E-state index is 15.8. The van der Waals surface area contributed by atoms with Gasteiger partial charge in [-0.2, -0.15) is 0 Å². The molecule has 1 fully saturated rings. The zero-order valence-electron chi connectivity index (χ0n) is 43.7. The van der Waals surface area contributed by atoms with Gasteiger partial charge in [-0.3, -0.25) is 9.59 Å². The maximum Gasteiger partial charge on any atom is 0.198 e. The van der Waals surface area contributed by atoms with Crippen molar-refractivity contribution in [3.8, 4) is 0 Å². The fourth-order valence-corrected chi connectivity index (χ4v) is 13.4. The van der Waals surface area contributed by atoms with Crippen LogP contribution in [0.25, 0.3) is 5.57 Å². The Kier molecular flexibility index (Phi) is 15.1. The maximum absolute atomic E-state index is 15.8. The van der Waals surface area contributed by atoms with Crippen molar-refractivity contribution in [2.75, 3.05) is 10.6 Å². The van der Waals surface area contributed by atoms with E-state index in [9.17, 15) is 0 Å². The Morgan fingerprint density at radius 3 is 1.51 bits per heavy atom. The summed E-state index contributed by atoms with van der Waals surface area (Å²) >= 11 is 3.09. The lowest BCUT2D eigenvalue weighted by molar-refractivity contribution is 0.0976. The molecule has 1 unspecified atom stereocenters. The molecule has 71 heavy (non-hydrogen) atoms. The summed E-state index contributed by atoms with van der Waals surface area (Å²) in [6.07, 6.45) is 19.4. The average Bonchev–Trinajstić information content (AvgIpc) is 3.34. The van der Waals surface area contributed by atoms with Gasteiger partial charge in [-0.25, -0.2) is 0 Å². The van der Waals surface area contributed by atoms with Crippen LogP contribution >= 0.6 is 23.5 Å². The number of allylic oxidation sites excluding steroid dienone is 4. The minimum atomic E-state index is -0.179. The van der Waals surface area contributed by atoms with Crippen molar-refractivity contribution < 1.29 is 9.59 Å². The summed E-state index contributed by atoms with van der Waals surface area (Å²) in [6.45, 7) is 21.5. The number of aryl methyl sites for hydroxylation is 6. The van der Waals surface area contributed by atoms with Crippen LogP contribution in [0.4, 0.5) is 22.7 Å². The van der Waals surface area contributed by atoms with Crippen molar-refractivity contribution in [3.63, 3.8) is 0 Å². The molecule has 3 aliphatic carbocycles. The average molecular weight is 977 g/mol. The molecule has 0 saturated heterocycles. The van der Waals surface area contributed by atoms with E-state index in [0.29, 0.717) is 39.5 Å². The third-order valence-electron chi connectivity index (χ3n) is 15.3. The van der Waals surface area contributed by atoms with Gasteiger partial charge in [-0.05, 0) is 171 Å². The highest BCUT2D eigenvalue weighted by molar-refractivity contribution is 7.99. The second kappa shape index (κ2) is 21.3. The lowest BCUT2D eigenvalue weighted by Crippen LogP contribution is -2.25. The van der Waals surface area contributed by atoms with E-state index in [-0.39, 0.29) is 17.0 Å². The van der Waals surface area contributed by atoms with Crippen LogP contribution in [0, 0.1) is 59.3 Å². The standard InChI is InChI=1S/C65H72N2O2S2/c1-11-12-13-14-45-15-17-46(18-16-45)47-19-21-48(22-20-47)49-23-27-51(28-24-49)70-55-33-31-53(66-61-41(4)35-39(2)36-42(61)5)57-59(55)64(69)60-56(71-52-29-25-50(26-30-52)65(8,9)10)34-32-54(58(60)63(57)68)67-62-43(6)37-40(3)38-44(62)7/h19,21-38,45-47,66-67H,11-18,20H2,1-10H3/t45-,46-,47?. The predicted molar refractivity (Wildman–Crippen MR) is 302 cm³/mol. The summed E-state index contributed by atoms with van der Waals surface area (Å²) in [4.78, 5) is 35.2. The van der Waals surface area contributed by atoms with Gasteiger partial charge in [0.2, 0.25) is 0 Å². The van der Waals surface area contributed by atoms with E-state index in [4.69, 9.17) is 0 Å². The summed E-state index contributed by atoms with van der Waals surface area (Å²) in [5.41, 5.74) is 15.2. The first-order valence-corrected chi connectivity index (χ1v) is 27.8. The fourth-order valence-electron chi connectivity index (χ4n) is 11.5. The van der Waals surface area contributed by atoms with Crippen LogP contribution in [-0.2, 0) is 5.41 Å². The molecule has 6 aromatic carbocycles. The van der Waals surface area contributed by atoms with Crippen LogP contribution in [0.3, 0.4) is 0 Å². The number of rotatable bonds is 14. The number of hydrogen-bond donors (Lipinski definition) is 2. The van der Waals surface area contributed by atoms with Crippen LogP contribution < -0.4 is 10.6 Å². The molecule has 0 amide bonds. The van der Waals surface area contributed by atoms with Crippen LogP contribution in [0.1, 0.15) is 162 Å². The molecule has 0 heterocycles. The molecule has 0 spiro atoms. The van der Waals surface area contributed by atoms with E-state index in [1.165, 1.54) is 91.0 Å². The van der Waals surface area contributed by atoms with Crippen molar-refractivity contribution in [1.82, 2.24) is 0 Å². The van der Waals surface area contributed by atoms with Gasteiger partial charge in [0.05, 0.1) is 22.5 Å². The molecule has 6 heteroatoms. The van der Waals surface area contributed by atoms with Gasteiger partial charge in [-0.15, -0.1) is 0 Å². The van der Waals surface area contributed by atoms with Crippen LogP contribution in [0.5, 0.6) is 0 Å². The second-order valence-corrected chi connectivity index (χ2v) is 24.1. The van der Waals surface area contributed by atoms with Gasteiger partial charge < -0.3 is 10.6 Å². The van der Waals surface area contributed by atoms with Crippen molar-refractivity contribution in [2.24, 2.45) is 17.8 Å². The van der Waals surface area contributed by atoms with Gasteiger partial charge in [-0.1, -0.05) is 168 Å². The SMILES string of the molecule is CCCCC[C@H]1CC[C@H](C2C=CC(c3ccc(Sc4ccc(Nc5c(C)cc(C)cc5C)c5c4C(=O)c4c(Sc6ccc(C(C)(C)C)cc6)ccc(Nc6c(C)cc(C)cc6C)c4C5=O)cc3)=CC2)CC1. The zero-order chi connectivity index (χ0) is 50.1. The largest absolute Gasteiger partial charge is 0.354 e. The summed E-state index contributed by atoms with van der Waals surface area (Å²) < 4.78 is 0. The topological polar surface area (TPSA) is 58.2 Å². The van der Waals surface area contributed by atoms with Crippen molar-refractivity contribution in [2.45, 2.75) is 152 Å². The Balaban J connectivity index is 1.07. The molecule has 0 aromatic heterocycles. The molecule has 2 N–H and O–H groups in total. The first-order chi connectivity index (χ1) is 34.1. The monoisotopic (exact) mass is 977 g/mol. The third-order valence-corrected chi connectivity index (χ3v) is 17.5. The molecule has 6 aromatic rings. The highest BCUT2D eigenvalue weighted by atomic mass is 32.2. The van der Waals surface area contributed by atoms with E-state index >= 15 is 9.59 Å². The summed E-state index contributed by atoms with van der Waals surface area (Å²) in [5.74, 6) is 2.03. The Labute approximate surface area is 433 Å². The minimum absolute atomic E-state index is 0.00373. The van der Waals surface area contributed by atoms with E-state index in [0.717, 1.165) is 71.5 Å². The number of unbranched alkanes of at least 4 members (excludes halogenated alkanes) is 2. The summed E-state index contributed by atoms with van der Waals surface area (Å²) in [5, 5.41) is 7.38. The molecule has 3 aliphatic rings. The lowest BCUT2D eigenvalue weighted by atomic mass is 9.72. The Morgan fingerprint density at radius 2 is 1.06 bits per heavy atom. The van der Waals surface area contributed by atoms with E-state index in [2.05, 4.69) is 171 Å². The predicted octanol–water partition coefficient (Wildman–Crippen LogP) is 18.7. The van der Waals surface area contributed by atoms with Gasteiger partial charge in [0, 0.05) is 42.1 Å². The van der Waals surface area contributed by atoms with Crippen molar-refractivity contribution in [3.05, 3.63) is 182 Å². The zero-order valence-corrected chi connectivity index (χ0v) is 45.3. The van der Waals surface area contributed by atoms with E-state index < -0.39 is 0 Å². The second-order valence-electron chi connectivity index (χ2n) is 21.9. The van der Waals surface area contributed by atoms with Crippen molar-refractivity contribution in [1.29, 1.82) is 0 Å². The highest BCUT2D eigenvalue weighted by Crippen LogP contribution is 2.48. The van der Waals surface area contributed by atoms with Crippen LogP contribution in [0.15, 0.2) is 135 Å². The molecule has 366 valence electrons. The normalized spacial score (nSPS) is 17.7. The number of fused-ring (bicyclic) bond motifs is 2. The molecular weight excluding hydrogens is 905 g/mol. The van der Waals surface area contributed by atoms with Crippen LogP contribution in [0.2, 0.25) is 0 Å². The van der Waals surface area contributed by atoms with Gasteiger partial charge >= 0.3 is 0 Å². The highest BCUT2D eigenvalue weighted by Gasteiger charge is 2.39. The summed E-state index contributed by atoms with van der Waals surface area (Å²) in [6, 6.07) is 34.0. The van der Waals surface area contributed by atoms with Gasteiger partial charge in [0.15, 0.2) is 11.6 Å². The van der Waals surface area contributed by atoms with E-state index in [1.807, 2.05) is 24.3 Å². The molecule has 1 atom stereocenters. The minimum Gasteiger partial charge on any atom is -0.354 e. The molecular formula is C65H72N2O2S2. The smallest absolute Gasteiger partial charge is 0.198 e. The molecule has 0 bridgehead atoms. The molecule has 0 aliphatic heterocycles. The number of hydrogen-bond acceptors (Lipinski definition) is 6. The molecule has 4 nitrogen and oxygen atoms in total. The van der Waals surface area contributed by atoms with Crippen molar-refractivity contribution >= 4 is 63.4 Å². The number of anilines is 4. The summed E-state index contributed by atoms with van der Waals surface area (Å²) in [7, 11) is 0. The number of carbonyl (C=O) groups is 2. The van der Waals surface area contributed by atoms with Crippen LogP contribution in [-0.4, -0.2) is 11.6 Å². The molecule has 1 saturated carbocycles.